The third-order valence-electron chi connectivity index (χ3n) is 3.88. The Kier molecular flexibility index (Phi) is 6.94. The van der Waals surface area contributed by atoms with Crippen molar-refractivity contribution in [2.75, 3.05) is 13.2 Å². The van der Waals surface area contributed by atoms with Crippen molar-refractivity contribution in [3.63, 3.8) is 0 Å². The minimum Gasteiger partial charge on any atom is -0.463 e. The number of hydrogen-bond acceptors (Lipinski definition) is 7. The summed E-state index contributed by atoms with van der Waals surface area (Å²) in [7, 11) is 0. The van der Waals surface area contributed by atoms with Gasteiger partial charge in [0.15, 0.2) is 0 Å². The Bertz CT molecular complexity index is 853. The molecule has 0 aliphatic carbocycles. The normalized spacial score (nSPS) is 16.1. The Morgan fingerprint density at radius 2 is 1.96 bits per heavy atom. The monoisotopic (exact) mass is 411 g/mol. The molecular formula is C17H18ClN3O7. The van der Waals surface area contributed by atoms with Crippen molar-refractivity contribution in [1.29, 1.82) is 0 Å². The molecule has 0 fully saturated rings. The van der Waals surface area contributed by atoms with Gasteiger partial charge in [0.1, 0.15) is 6.61 Å². The first-order valence-corrected chi connectivity index (χ1v) is 8.75. The molecule has 2 N–H and O–H groups in total. The molecule has 0 unspecified atom stereocenters. The number of benzene rings is 1. The summed E-state index contributed by atoms with van der Waals surface area (Å²) in [6.45, 7) is 3.08. The lowest BCUT2D eigenvalue weighted by atomic mass is 10.0. The van der Waals surface area contributed by atoms with Gasteiger partial charge in [-0.25, -0.2) is 14.4 Å². The molecule has 10 nitrogen and oxygen atoms in total. The molecule has 0 spiro atoms. The first-order chi connectivity index (χ1) is 13.3. The highest BCUT2D eigenvalue weighted by Crippen LogP contribution is 2.23. The highest BCUT2D eigenvalue weighted by Gasteiger charge is 2.32. The number of rotatable bonds is 7. The Morgan fingerprint density at radius 3 is 2.57 bits per heavy atom. The second-order valence-corrected chi connectivity index (χ2v) is 6.08. The van der Waals surface area contributed by atoms with E-state index in [9.17, 15) is 24.5 Å². The van der Waals surface area contributed by atoms with E-state index >= 15 is 0 Å². The SMILES string of the molecule is CCOC(=O)C1=C(COC(=O)c2cc([N+](=O)[O-])ccc2Cl)NC(=O)N[C@@H]1CC. The average molecular weight is 412 g/mol. The molecule has 28 heavy (non-hydrogen) atoms. The quantitative estimate of drug-likeness (QED) is 0.399. The average Bonchev–Trinajstić information content (AvgIpc) is 2.65. The third-order valence-corrected chi connectivity index (χ3v) is 4.20. The minimum atomic E-state index is -0.940. The summed E-state index contributed by atoms with van der Waals surface area (Å²) in [6.07, 6.45) is 0.412. The Labute approximate surface area is 165 Å². The topological polar surface area (TPSA) is 137 Å². The third kappa shape index (κ3) is 4.77. The van der Waals surface area contributed by atoms with Gasteiger partial charge in [0, 0.05) is 12.1 Å². The van der Waals surface area contributed by atoms with Gasteiger partial charge in [-0.15, -0.1) is 0 Å². The van der Waals surface area contributed by atoms with Gasteiger partial charge in [-0.3, -0.25) is 10.1 Å². The highest BCUT2D eigenvalue weighted by atomic mass is 35.5. The van der Waals surface area contributed by atoms with Crippen LogP contribution in [-0.2, 0) is 14.3 Å². The van der Waals surface area contributed by atoms with Crippen molar-refractivity contribution in [1.82, 2.24) is 10.6 Å². The van der Waals surface area contributed by atoms with Crippen LogP contribution in [0.2, 0.25) is 5.02 Å². The van der Waals surface area contributed by atoms with E-state index in [0.717, 1.165) is 12.1 Å². The van der Waals surface area contributed by atoms with Crippen molar-refractivity contribution in [2.24, 2.45) is 0 Å². The second kappa shape index (κ2) is 9.18. The van der Waals surface area contributed by atoms with Crippen LogP contribution in [0, 0.1) is 10.1 Å². The Hall–Kier alpha value is -3.14. The first-order valence-electron chi connectivity index (χ1n) is 8.37. The summed E-state index contributed by atoms with van der Waals surface area (Å²) in [5.41, 5.74) is -0.323. The number of non-ortho nitro benzene ring substituents is 1. The van der Waals surface area contributed by atoms with Crippen molar-refractivity contribution in [3.8, 4) is 0 Å². The van der Waals surface area contributed by atoms with E-state index in [2.05, 4.69) is 10.6 Å². The number of ether oxygens (including phenoxy) is 2. The number of amides is 2. The molecule has 2 rings (SSSR count). The number of urea groups is 1. The molecule has 150 valence electrons. The van der Waals surface area contributed by atoms with Crippen LogP contribution in [0.4, 0.5) is 10.5 Å². The number of nitrogens with zero attached hydrogens (tertiary/aromatic N) is 1. The number of esters is 2. The summed E-state index contributed by atoms with van der Waals surface area (Å²) >= 11 is 5.92. The van der Waals surface area contributed by atoms with Gasteiger partial charge >= 0.3 is 18.0 Å². The summed E-state index contributed by atoms with van der Waals surface area (Å²) in [5.74, 6) is -1.59. The van der Waals surface area contributed by atoms with Crippen LogP contribution in [0.25, 0.3) is 0 Å². The van der Waals surface area contributed by atoms with Gasteiger partial charge in [-0.2, -0.15) is 0 Å². The van der Waals surface area contributed by atoms with Crippen molar-refractivity contribution in [2.45, 2.75) is 26.3 Å². The molecule has 1 aliphatic heterocycles. The van der Waals surface area contributed by atoms with Crippen LogP contribution >= 0.6 is 11.6 Å². The van der Waals surface area contributed by atoms with Crippen molar-refractivity contribution < 1.29 is 28.8 Å². The number of nitro groups is 1. The number of carbonyl (C=O) groups is 3. The maximum atomic E-state index is 12.3. The molecule has 1 aromatic carbocycles. The van der Waals surface area contributed by atoms with E-state index in [1.807, 2.05) is 0 Å². The standard InChI is InChI=1S/C17H18ClN3O7/c1-3-12-14(16(23)27-4-2)13(20-17(24)19-12)8-28-15(22)10-7-9(21(25)26)5-6-11(10)18/h5-7,12H,3-4,8H2,1-2H3,(H2,19,20,24)/t12-/m1/s1. The highest BCUT2D eigenvalue weighted by molar-refractivity contribution is 6.33. The number of carbonyl (C=O) groups excluding carboxylic acids is 3. The van der Waals surface area contributed by atoms with Crippen molar-refractivity contribution >= 4 is 35.3 Å². The van der Waals surface area contributed by atoms with Gasteiger partial charge in [0.25, 0.3) is 5.69 Å². The fourth-order valence-electron chi connectivity index (χ4n) is 2.57. The van der Waals surface area contributed by atoms with E-state index < -0.39 is 35.5 Å². The largest absolute Gasteiger partial charge is 0.463 e. The molecule has 0 bridgehead atoms. The molecular weight excluding hydrogens is 394 g/mol. The number of nitro benzene ring substituents is 1. The molecule has 1 aromatic rings. The van der Waals surface area contributed by atoms with Crippen molar-refractivity contribution in [3.05, 3.63) is 50.2 Å². The molecule has 0 saturated carbocycles. The Morgan fingerprint density at radius 1 is 1.25 bits per heavy atom. The second-order valence-electron chi connectivity index (χ2n) is 5.67. The Balaban J connectivity index is 2.27. The van der Waals surface area contributed by atoms with Crippen LogP contribution in [0.15, 0.2) is 29.5 Å². The summed E-state index contributed by atoms with van der Waals surface area (Å²) < 4.78 is 10.1. The summed E-state index contributed by atoms with van der Waals surface area (Å²) in [6, 6.07) is 2.18. The van der Waals surface area contributed by atoms with Gasteiger partial charge in [-0.05, 0) is 19.4 Å². The fourth-order valence-corrected chi connectivity index (χ4v) is 2.77. The van der Waals surface area contributed by atoms with E-state index in [0.29, 0.717) is 6.42 Å². The smallest absolute Gasteiger partial charge is 0.340 e. The van der Waals surface area contributed by atoms with Gasteiger partial charge in [-0.1, -0.05) is 18.5 Å². The maximum absolute atomic E-state index is 12.3. The maximum Gasteiger partial charge on any atom is 0.340 e. The number of nitrogens with one attached hydrogen (secondary N) is 2. The van der Waals surface area contributed by atoms with E-state index in [1.165, 1.54) is 6.07 Å². The lowest BCUT2D eigenvalue weighted by molar-refractivity contribution is -0.384. The van der Waals surface area contributed by atoms with Crippen LogP contribution in [0.3, 0.4) is 0 Å². The molecule has 0 saturated heterocycles. The fraction of sp³-hybridized carbons (Fsp3) is 0.353. The van der Waals surface area contributed by atoms with Gasteiger partial charge in [0.05, 0.1) is 39.4 Å². The molecule has 2 amide bonds. The predicted molar refractivity (Wildman–Crippen MR) is 97.8 cm³/mol. The molecule has 1 heterocycles. The van der Waals surface area contributed by atoms with Crippen LogP contribution in [0.5, 0.6) is 0 Å². The van der Waals surface area contributed by atoms with Crippen LogP contribution < -0.4 is 10.6 Å². The molecule has 0 radical (unpaired) electrons. The van der Waals surface area contributed by atoms with Crippen LogP contribution in [0.1, 0.15) is 30.6 Å². The number of hydrogen-bond donors (Lipinski definition) is 2. The first kappa shape index (κ1) is 21.2. The van der Waals surface area contributed by atoms with Gasteiger partial charge in [0.2, 0.25) is 0 Å². The zero-order valence-corrected chi connectivity index (χ0v) is 15.9. The van der Waals surface area contributed by atoms with E-state index in [1.54, 1.807) is 13.8 Å². The van der Waals surface area contributed by atoms with E-state index in [4.69, 9.17) is 21.1 Å². The lowest BCUT2D eigenvalue weighted by Gasteiger charge is -2.28. The minimum absolute atomic E-state index is 0.0315. The van der Waals surface area contributed by atoms with E-state index in [-0.39, 0.29) is 34.2 Å². The zero-order valence-electron chi connectivity index (χ0n) is 15.1. The predicted octanol–water partition coefficient (Wildman–Crippen LogP) is 2.31. The summed E-state index contributed by atoms with van der Waals surface area (Å²) in [5, 5.41) is 15.9. The number of halogens is 1. The molecule has 11 heteroatoms. The molecule has 1 aliphatic rings. The zero-order chi connectivity index (χ0) is 20.8. The molecule has 0 aromatic heterocycles. The lowest BCUT2D eigenvalue weighted by Crippen LogP contribution is -2.51. The van der Waals surface area contributed by atoms with Gasteiger partial charge < -0.3 is 20.1 Å². The summed E-state index contributed by atoms with van der Waals surface area (Å²) in [4.78, 5) is 46.6. The molecule has 1 atom stereocenters. The van der Waals surface area contributed by atoms with Crippen LogP contribution in [-0.4, -0.2) is 42.1 Å².